The molecule has 118 valence electrons. The van der Waals surface area contributed by atoms with Gasteiger partial charge in [-0.15, -0.1) is 0 Å². The molecule has 1 heterocycles. The Labute approximate surface area is 140 Å². The molecular weight excluding hydrogens is 310 g/mol. The maximum atomic E-state index is 10.2. The number of halogens is 1. The maximum absolute atomic E-state index is 10.2. The predicted octanol–water partition coefficient (Wildman–Crippen LogP) is 3.35. The van der Waals surface area contributed by atoms with Crippen molar-refractivity contribution in [3.63, 3.8) is 0 Å². The molecule has 2 aromatic carbocycles. The van der Waals surface area contributed by atoms with Crippen LogP contribution in [0.15, 0.2) is 67.0 Å². The van der Waals surface area contributed by atoms with Gasteiger partial charge in [-0.05, 0) is 29.8 Å². The number of benzene rings is 2. The highest BCUT2D eigenvalue weighted by molar-refractivity contribution is 6.31. The van der Waals surface area contributed by atoms with Crippen LogP contribution in [0.25, 0.3) is 5.69 Å². The molecule has 1 atom stereocenters. The molecule has 0 saturated heterocycles. The summed E-state index contributed by atoms with van der Waals surface area (Å²) in [6.45, 7) is 1.10. The topological polar surface area (TPSA) is 50.1 Å². The fourth-order valence-corrected chi connectivity index (χ4v) is 2.70. The fraction of sp³-hybridized carbons (Fsp3) is 0.167. The Morgan fingerprint density at radius 1 is 1.13 bits per heavy atom. The van der Waals surface area contributed by atoms with Gasteiger partial charge in [0, 0.05) is 36.1 Å². The Morgan fingerprint density at radius 2 is 2.00 bits per heavy atom. The van der Waals surface area contributed by atoms with E-state index in [9.17, 15) is 5.11 Å². The largest absolute Gasteiger partial charge is 0.387 e. The van der Waals surface area contributed by atoms with Gasteiger partial charge in [0.2, 0.25) is 0 Å². The average Bonchev–Trinajstić information content (AvgIpc) is 3.10. The van der Waals surface area contributed by atoms with Crippen LogP contribution in [0.3, 0.4) is 0 Å². The van der Waals surface area contributed by atoms with Crippen molar-refractivity contribution in [2.24, 2.45) is 0 Å². The second-order valence-corrected chi connectivity index (χ2v) is 5.70. The molecule has 0 aliphatic rings. The van der Waals surface area contributed by atoms with E-state index in [0.29, 0.717) is 18.1 Å². The summed E-state index contributed by atoms with van der Waals surface area (Å²) in [7, 11) is 0. The highest BCUT2D eigenvalue weighted by Gasteiger charge is 2.10. The van der Waals surface area contributed by atoms with Crippen molar-refractivity contribution in [1.82, 2.24) is 15.1 Å². The van der Waals surface area contributed by atoms with Gasteiger partial charge in [0.15, 0.2) is 0 Å². The van der Waals surface area contributed by atoms with Crippen LogP contribution in [0.1, 0.15) is 17.2 Å². The number of rotatable bonds is 6. The van der Waals surface area contributed by atoms with Gasteiger partial charge in [-0.2, -0.15) is 5.10 Å². The van der Waals surface area contributed by atoms with Crippen LogP contribution in [0, 0.1) is 0 Å². The van der Waals surface area contributed by atoms with Gasteiger partial charge in [0.25, 0.3) is 0 Å². The highest BCUT2D eigenvalue weighted by atomic mass is 35.5. The quantitative estimate of drug-likeness (QED) is 0.730. The zero-order valence-electron chi connectivity index (χ0n) is 12.6. The van der Waals surface area contributed by atoms with E-state index in [1.165, 1.54) is 0 Å². The standard InChI is InChI=1S/C18H18ClN3O/c19-17-8-2-1-7-16(17)18(23)13-20-12-14-5-3-6-15(11-14)22-10-4-9-21-22/h1-11,18,20,23H,12-13H2. The minimum atomic E-state index is -0.627. The van der Waals surface area contributed by atoms with Crippen LogP contribution in [-0.2, 0) is 6.54 Å². The van der Waals surface area contributed by atoms with Crippen molar-refractivity contribution in [2.75, 3.05) is 6.54 Å². The van der Waals surface area contributed by atoms with E-state index in [4.69, 9.17) is 11.6 Å². The highest BCUT2D eigenvalue weighted by Crippen LogP contribution is 2.22. The summed E-state index contributed by atoms with van der Waals surface area (Å²) >= 11 is 6.10. The summed E-state index contributed by atoms with van der Waals surface area (Å²) in [6, 6.07) is 17.4. The van der Waals surface area contributed by atoms with Crippen molar-refractivity contribution < 1.29 is 5.11 Å². The van der Waals surface area contributed by atoms with Crippen LogP contribution in [-0.4, -0.2) is 21.4 Å². The number of nitrogens with zero attached hydrogens (tertiary/aromatic N) is 2. The molecule has 0 fully saturated rings. The van der Waals surface area contributed by atoms with E-state index in [-0.39, 0.29) is 0 Å². The summed E-state index contributed by atoms with van der Waals surface area (Å²) in [5, 5.41) is 18.3. The first kappa shape index (κ1) is 15.7. The molecule has 2 N–H and O–H groups in total. The van der Waals surface area contributed by atoms with Crippen molar-refractivity contribution in [3.8, 4) is 5.69 Å². The Morgan fingerprint density at radius 3 is 2.78 bits per heavy atom. The van der Waals surface area contributed by atoms with Crippen molar-refractivity contribution in [3.05, 3.63) is 83.1 Å². The third-order valence-electron chi connectivity index (χ3n) is 3.61. The molecule has 0 bridgehead atoms. The van der Waals surface area contributed by atoms with Crippen LogP contribution in [0.4, 0.5) is 0 Å². The number of hydrogen-bond donors (Lipinski definition) is 2. The second kappa shape index (κ2) is 7.42. The average molecular weight is 328 g/mol. The van der Waals surface area contributed by atoms with Gasteiger partial charge in [0.05, 0.1) is 11.8 Å². The number of aromatic nitrogens is 2. The van der Waals surface area contributed by atoms with Crippen molar-refractivity contribution >= 4 is 11.6 Å². The zero-order valence-corrected chi connectivity index (χ0v) is 13.3. The lowest BCUT2D eigenvalue weighted by Crippen LogP contribution is -2.21. The third-order valence-corrected chi connectivity index (χ3v) is 3.95. The number of nitrogens with one attached hydrogen (secondary N) is 1. The molecule has 0 aliphatic heterocycles. The first-order valence-electron chi connectivity index (χ1n) is 7.46. The molecule has 1 unspecified atom stereocenters. The van der Waals surface area contributed by atoms with Gasteiger partial charge >= 0.3 is 0 Å². The Bertz CT molecular complexity index is 758. The molecule has 23 heavy (non-hydrogen) atoms. The molecule has 5 heteroatoms. The summed E-state index contributed by atoms with van der Waals surface area (Å²) in [5.41, 5.74) is 2.89. The summed E-state index contributed by atoms with van der Waals surface area (Å²) < 4.78 is 1.82. The van der Waals surface area contributed by atoms with Crippen LogP contribution in [0.5, 0.6) is 0 Å². The van der Waals surface area contributed by atoms with Gasteiger partial charge in [0.1, 0.15) is 0 Å². The van der Waals surface area contributed by atoms with Gasteiger partial charge in [-0.1, -0.05) is 41.9 Å². The van der Waals surface area contributed by atoms with Crippen LogP contribution in [0.2, 0.25) is 5.02 Å². The fourth-order valence-electron chi connectivity index (χ4n) is 2.44. The van der Waals surface area contributed by atoms with E-state index < -0.39 is 6.10 Å². The lowest BCUT2D eigenvalue weighted by atomic mass is 10.1. The lowest BCUT2D eigenvalue weighted by Gasteiger charge is -2.14. The number of aliphatic hydroxyl groups is 1. The molecule has 0 saturated carbocycles. The van der Waals surface area contributed by atoms with E-state index in [0.717, 1.165) is 16.8 Å². The zero-order chi connectivity index (χ0) is 16.1. The van der Waals surface area contributed by atoms with E-state index in [1.54, 1.807) is 12.3 Å². The number of hydrogen-bond acceptors (Lipinski definition) is 3. The number of aliphatic hydroxyl groups excluding tert-OH is 1. The smallest absolute Gasteiger partial charge is 0.0928 e. The predicted molar refractivity (Wildman–Crippen MR) is 91.7 cm³/mol. The normalized spacial score (nSPS) is 12.3. The Hall–Kier alpha value is -2.14. The molecule has 3 aromatic rings. The minimum absolute atomic E-state index is 0.440. The van der Waals surface area contributed by atoms with Gasteiger partial charge in [-0.25, -0.2) is 4.68 Å². The summed E-state index contributed by atoms with van der Waals surface area (Å²) in [5.74, 6) is 0. The maximum Gasteiger partial charge on any atom is 0.0928 e. The molecule has 4 nitrogen and oxygen atoms in total. The molecule has 0 spiro atoms. The Kier molecular flexibility index (Phi) is 5.08. The molecule has 3 rings (SSSR count). The summed E-state index contributed by atoms with van der Waals surface area (Å²) in [6.07, 6.45) is 3.04. The SMILES string of the molecule is OC(CNCc1cccc(-n2cccn2)c1)c1ccccc1Cl. The minimum Gasteiger partial charge on any atom is -0.387 e. The molecule has 1 aromatic heterocycles. The van der Waals surface area contributed by atoms with Crippen LogP contribution >= 0.6 is 11.6 Å². The van der Waals surface area contributed by atoms with Crippen molar-refractivity contribution in [1.29, 1.82) is 0 Å². The monoisotopic (exact) mass is 327 g/mol. The van der Waals surface area contributed by atoms with Gasteiger partial charge in [-0.3, -0.25) is 0 Å². The molecule has 0 radical (unpaired) electrons. The van der Waals surface area contributed by atoms with E-state index >= 15 is 0 Å². The second-order valence-electron chi connectivity index (χ2n) is 5.29. The summed E-state index contributed by atoms with van der Waals surface area (Å²) in [4.78, 5) is 0. The third kappa shape index (κ3) is 3.99. The lowest BCUT2D eigenvalue weighted by molar-refractivity contribution is 0.174. The van der Waals surface area contributed by atoms with Crippen molar-refractivity contribution in [2.45, 2.75) is 12.6 Å². The van der Waals surface area contributed by atoms with Gasteiger partial charge < -0.3 is 10.4 Å². The van der Waals surface area contributed by atoms with E-state index in [1.807, 2.05) is 53.3 Å². The van der Waals surface area contributed by atoms with Crippen LogP contribution < -0.4 is 5.32 Å². The molecular formula is C18H18ClN3O. The van der Waals surface area contributed by atoms with E-state index in [2.05, 4.69) is 16.5 Å². The molecule has 0 aliphatic carbocycles. The Balaban J connectivity index is 1.59. The first-order valence-corrected chi connectivity index (χ1v) is 7.84. The first-order chi connectivity index (χ1) is 11.2. The molecule has 0 amide bonds.